The molecule has 0 saturated carbocycles. The van der Waals surface area contributed by atoms with E-state index in [1.807, 2.05) is 0 Å². The van der Waals surface area contributed by atoms with Crippen LogP contribution >= 0.6 is 0 Å². The van der Waals surface area contributed by atoms with Crippen molar-refractivity contribution < 1.29 is 36.8 Å². The van der Waals surface area contributed by atoms with E-state index >= 15 is 0 Å². The van der Waals surface area contributed by atoms with Gasteiger partial charge in [-0.3, -0.25) is 9.59 Å². The van der Waals surface area contributed by atoms with Crippen molar-refractivity contribution in [1.82, 2.24) is 0 Å². The number of aliphatic hydroxyl groups excluding tert-OH is 1. The van der Waals surface area contributed by atoms with Gasteiger partial charge in [-0.2, -0.15) is 13.2 Å². The van der Waals surface area contributed by atoms with Gasteiger partial charge in [0, 0.05) is 23.9 Å². The highest BCUT2D eigenvalue weighted by Crippen LogP contribution is 2.38. The number of methoxy groups -OCH3 is 1. The second-order valence-corrected chi connectivity index (χ2v) is 7.62. The van der Waals surface area contributed by atoms with Gasteiger partial charge in [-0.1, -0.05) is 24.3 Å². The summed E-state index contributed by atoms with van der Waals surface area (Å²) in [7, 11) is 0.525. The van der Waals surface area contributed by atoms with Crippen molar-refractivity contribution in [2.75, 3.05) is 19.5 Å². The average Bonchev–Trinajstić information content (AvgIpc) is 2.84. The molecular weight excluding hydrogens is 473 g/mol. The standard InChI is InChI=1S/C22H17F3N2O4S.CH4O/c1-31-19-11-13(6-9-20(19)32(26)30)21(29)27-15-7-8-16(14(10-15)12-28)17-4-2-3-5-18(17)22(23,24)25;1-2/h2-12H,26H2,1H3,(H,27,29);2H,1H3. The average molecular weight is 494 g/mol. The third kappa shape index (κ3) is 6.07. The number of hydrogen-bond acceptors (Lipinski definition) is 5. The number of anilines is 1. The summed E-state index contributed by atoms with van der Waals surface area (Å²) < 4.78 is 56.7. The van der Waals surface area contributed by atoms with E-state index in [9.17, 15) is 27.0 Å². The zero-order valence-corrected chi connectivity index (χ0v) is 18.9. The lowest BCUT2D eigenvalue weighted by Gasteiger charge is -2.15. The van der Waals surface area contributed by atoms with Crippen LogP contribution in [0.1, 0.15) is 26.3 Å². The van der Waals surface area contributed by atoms with E-state index in [4.69, 9.17) is 15.0 Å². The molecule has 1 atom stereocenters. The number of aliphatic hydroxyl groups is 1. The Bertz CT molecular complexity index is 1220. The van der Waals surface area contributed by atoms with Gasteiger partial charge < -0.3 is 15.2 Å². The molecule has 3 aromatic carbocycles. The highest BCUT2D eigenvalue weighted by molar-refractivity contribution is 7.82. The van der Waals surface area contributed by atoms with Crippen molar-refractivity contribution in [3.05, 3.63) is 77.4 Å². The first-order valence-electron chi connectivity index (χ1n) is 9.51. The number of aldehydes is 1. The normalized spacial score (nSPS) is 11.6. The first kappa shape index (κ1) is 26.7. The summed E-state index contributed by atoms with van der Waals surface area (Å²) in [6, 6.07) is 13.1. The topological polar surface area (TPSA) is 119 Å². The molecule has 0 aliphatic carbocycles. The van der Waals surface area contributed by atoms with Crippen LogP contribution in [0.25, 0.3) is 11.1 Å². The van der Waals surface area contributed by atoms with Gasteiger partial charge in [0.05, 0.1) is 17.6 Å². The number of alkyl halides is 3. The second kappa shape index (κ2) is 11.5. The quantitative estimate of drug-likeness (QED) is 0.447. The Morgan fingerprint density at radius 1 is 1.06 bits per heavy atom. The summed E-state index contributed by atoms with van der Waals surface area (Å²) in [5, 5.41) is 14.9. The van der Waals surface area contributed by atoms with E-state index < -0.39 is 28.6 Å². The molecule has 3 rings (SSSR count). The summed E-state index contributed by atoms with van der Waals surface area (Å²) in [6.45, 7) is 0. The predicted octanol–water partition coefficient (Wildman–Crippen LogP) is 4.04. The van der Waals surface area contributed by atoms with Crippen LogP contribution in [0.15, 0.2) is 65.6 Å². The summed E-state index contributed by atoms with van der Waals surface area (Å²) in [5.41, 5.74) is -0.584. The van der Waals surface area contributed by atoms with Gasteiger partial charge in [-0.15, -0.1) is 0 Å². The zero-order chi connectivity index (χ0) is 25.5. The Morgan fingerprint density at radius 2 is 1.74 bits per heavy atom. The van der Waals surface area contributed by atoms with E-state index in [0.717, 1.165) is 13.2 Å². The zero-order valence-electron chi connectivity index (χ0n) is 18.1. The molecule has 3 aromatic rings. The molecule has 7 nitrogen and oxygen atoms in total. The molecule has 0 saturated heterocycles. The lowest BCUT2D eigenvalue weighted by atomic mass is 9.95. The highest BCUT2D eigenvalue weighted by atomic mass is 32.2. The molecule has 180 valence electrons. The minimum absolute atomic E-state index is 0.0223. The Kier molecular flexibility index (Phi) is 9.07. The third-order valence-electron chi connectivity index (χ3n) is 4.60. The van der Waals surface area contributed by atoms with Crippen LogP contribution in [0.3, 0.4) is 0 Å². The van der Waals surface area contributed by atoms with Crippen molar-refractivity contribution in [1.29, 1.82) is 0 Å². The van der Waals surface area contributed by atoms with Gasteiger partial charge in [-0.25, -0.2) is 9.35 Å². The molecule has 0 heterocycles. The summed E-state index contributed by atoms with van der Waals surface area (Å²) >= 11 is 0. The van der Waals surface area contributed by atoms with E-state index in [0.29, 0.717) is 6.29 Å². The van der Waals surface area contributed by atoms with Crippen LogP contribution in [-0.4, -0.2) is 35.7 Å². The van der Waals surface area contributed by atoms with Crippen molar-refractivity contribution >= 4 is 28.9 Å². The molecule has 1 amide bonds. The molecule has 0 aromatic heterocycles. The number of halogens is 3. The molecule has 0 bridgehead atoms. The first-order valence-corrected chi connectivity index (χ1v) is 10.7. The number of carbonyl (C=O) groups excluding carboxylic acids is 2. The summed E-state index contributed by atoms with van der Waals surface area (Å²) in [5.74, 6) is -0.413. The van der Waals surface area contributed by atoms with Gasteiger partial charge in [0.15, 0.2) is 6.29 Å². The summed E-state index contributed by atoms with van der Waals surface area (Å²) in [6.07, 6.45) is -4.17. The van der Waals surface area contributed by atoms with Crippen molar-refractivity contribution in [3.8, 4) is 16.9 Å². The van der Waals surface area contributed by atoms with Crippen LogP contribution in [0, 0.1) is 0 Å². The Balaban J connectivity index is 0.00000199. The largest absolute Gasteiger partial charge is 0.495 e. The first-order chi connectivity index (χ1) is 16.2. The number of rotatable bonds is 6. The third-order valence-corrected chi connectivity index (χ3v) is 5.37. The molecule has 0 fully saturated rings. The number of benzene rings is 3. The van der Waals surface area contributed by atoms with E-state index in [-0.39, 0.29) is 38.6 Å². The van der Waals surface area contributed by atoms with Crippen LogP contribution in [0.2, 0.25) is 0 Å². The maximum atomic E-state index is 13.4. The van der Waals surface area contributed by atoms with Crippen LogP contribution in [0.4, 0.5) is 18.9 Å². The van der Waals surface area contributed by atoms with Crippen molar-refractivity contribution in [3.63, 3.8) is 0 Å². The lowest BCUT2D eigenvalue weighted by Crippen LogP contribution is -2.13. The molecule has 0 aliphatic heterocycles. The molecule has 11 heteroatoms. The number of ether oxygens (including phenoxy) is 1. The van der Waals surface area contributed by atoms with Crippen LogP contribution < -0.4 is 15.2 Å². The van der Waals surface area contributed by atoms with E-state index in [1.165, 1.54) is 61.7 Å². The predicted molar refractivity (Wildman–Crippen MR) is 122 cm³/mol. The maximum Gasteiger partial charge on any atom is 0.417 e. The molecule has 0 spiro atoms. The fourth-order valence-corrected chi connectivity index (χ4v) is 3.67. The fourth-order valence-electron chi connectivity index (χ4n) is 3.13. The Hall–Kier alpha value is -3.54. The van der Waals surface area contributed by atoms with Crippen LogP contribution in [0.5, 0.6) is 5.75 Å². The number of carbonyl (C=O) groups is 2. The SMILES string of the molecule is CO.COc1cc(C(=O)Nc2ccc(-c3ccccc3C(F)(F)F)c(C=O)c2)ccc1S(N)=O. The highest BCUT2D eigenvalue weighted by Gasteiger charge is 2.33. The molecule has 34 heavy (non-hydrogen) atoms. The molecule has 0 radical (unpaired) electrons. The number of nitrogens with two attached hydrogens (primary N) is 1. The summed E-state index contributed by atoms with van der Waals surface area (Å²) in [4.78, 5) is 24.4. The number of hydrogen-bond donors (Lipinski definition) is 3. The smallest absolute Gasteiger partial charge is 0.417 e. The van der Waals surface area contributed by atoms with Gasteiger partial charge in [-0.05, 0) is 47.5 Å². The molecule has 1 unspecified atom stereocenters. The van der Waals surface area contributed by atoms with Gasteiger partial charge in [0.1, 0.15) is 16.7 Å². The lowest BCUT2D eigenvalue weighted by molar-refractivity contribution is -0.137. The van der Waals surface area contributed by atoms with E-state index in [2.05, 4.69) is 5.32 Å². The minimum atomic E-state index is -4.60. The Morgan fingerprint density at radius 3 is 2.32 bits per heavy atom. The molecule has 4 N–H and O–H groups in total. The monoisotopic (exact) mass is 494 g/mol. The van der Waals surface area contributed by atoms with Crippen molar-refractivity contribution in [2.45, 2.75) is 11.1 Å². The van der Waals surface area contributed by atoms with Gasteiger partial charge in [0.25, 0.3) is 5.91 Å². The molecular formula is C23H21F3N2O5S. The molecule has 0 aliphatic rings. The Labute approximate surface area is 196 Å². The minimum Gasteiger partial charge on any atom is -0.495 e. The van der Waals surface area contributed by atoms with Gasteiger partial charge in [0.2, 0.25) is 0 Å². The van der Waals surface area contributed by atoms with Crippen molar-refractivity contribution in [2.24, 2.45) is 5.14 Å². The van der Waals surface area contributed by atoms with Gasteiger partial charge >= 0.3 is 6.18 Å². The second-order valence-electron chi connectivity index (χ2n) is 6.58. The number of nitrogens with one attached hydrogen (secondary N) is 1. The van der Waals surface area contributed by atoms with Crippen LogP contribution in [-0.2, 0) is 17.2 Å². The van der Waals surface area contributed by atoms with E-state index in [1.54, 1.807) is 0 Å². The number of amides is 1. The fraction of sp³-hybridized carbons (Fsp3) is 0.130. The maximum absolute atomic E-state index is 13.4.